The van der Waals surface area contributed by atoms with Crippen molar-refractivity contribution in [2.24, 2.45) is 0 Å². The predicted molar refractivity (Wildman–Crippen MR) is 211 cm³/mol. The number of benzene rings is 7. The maximum absolute atomic E-state index is 2.53. The summed E-state index contributed by atoms with van der Waals surface area (Å²) in [7, 11) is 0. The second-order valence-electron chi connectivity index (χ2n) is 12.5. The summed E-state index contributed by atoms with van der Waals surface area (Å²) in [5.41, 5.74) is 13.2. The second-order valence-corrected chi connectivity index (χ2v) is 13.6. The van der Waals surface area contributed by atoms with Crippen LogP contribution in [-0.4, -0.2) is 6.71 Å². The zero-order valence-electron chi connectivity index (χ0n) is 26.6. The molecule has 0 unspecified atom stereocenters. The van der Waals surface area contributed by atoms with E-state index in [-0.39, 0.29) is 6.71 Å². The molecular weight excluding hydrogens is 613 g/mol. The minimum Gasteiger partial charge on any atom is -0.311 e. The van der Waals surface area contributed by atoms with E-state index in [0.717, 1.165) is 28.4 Å². The molecule has 0 aliphatic carbocycles. The molecule has 0 atom stereocenters. The quantitative estimate of drug-likeness (QED) is 0.173. The van der Waals surface area contributed by atoms with Crippen molar-refractivity contribution >= 4 is 95.0 Å². The average Bonchev–Trinajstić information content (AvgIpc) is 3.55. The van der Waals surface area contributed by atoms with E-state index in [0.29, 0.717) is 0 Å². The zero-order chi connectivity index (χ0) is 32.3. The molecule has 0 N–H and O–H groups in total. The lowest BCUT2D eigenvalue weighted by atomic mass is 9.36. The van der Waals surface area contributed by atoms with Crippen LogP contribution >= 0.6 is 11.3 Å². The molecular formula is C44H30BN3S. The fourth-order valence-corrected chi connectivity index (χ4v) is 9.11. The van der Waals surface area contributed by atoms with Crippen LogP contribution in [0.3, 0.4) is 0 Å². The van der Waals surface area contributed by atoms with E-state index < -0.39 is 0 Å². The lowest BCUT2D eigenvalue weighted by Crippen LogP contribution is -2.60. The topological polar surface area (TPSA) is 9.72 Å². The van der Waals surface area contributed by atoms with Gasteiger partial charge in [0, 0.05) is 54.7 Å². The van der Waals surface area contributed by atoms with Gasteiger partial charge < -0.3 is 14.7 Å². The number of hydrogen-bond donors (Lipinski definition) is 0. The summed E-state index contributed by atoms with van der Waals surface area (Å²) in [6.07, 6.45) is 0. The maximum Gasteiger partial charge on any atom is 0.264 e. The van der Waals surface area contributed by atoms with Crippen molar-refractivity contribution in [1.29, 1.82) is 0 Å². The Balaban J connectivity index is 1.36. The molecule has 2 aliphatic heterocycles. The minimum atomic E-state index is 0.0875. The smallest absolute Gasteiger partial charge is 0.264 e. The molecule has 0 radical (unpaired) electrons. The molecule has 0 spiro atoms. The van der Waals surface area contributed by atoms with Crippen LogP contribution in [-0.2, 0) is 0 Å². The molecule has 1 aromatic heterocycles. The van der Waals surface area contributed by atoms with Gasteiger partial charge in [0.1, 0.15) is 0 Å². The van der Waals surface area contributed by atoms with Crippen LogP contribution < -0.4 is 30.4 Å². The number of hydrogen-bond acceptors (Lipinski definition) is 4. The number of anilines is 9. The van der Waals surface area contributed by atoms with Crippen molar-refractivity contribution in [1.82, 2.24) is 0 Å². The van der Waals surface area contributed by atoms with Crippen LogP contribution in [0.5, 0.6) is 0 Å². The molecule has 49 heavy (non-hydrogen) atoms. The molecule has 2 aliphatic rings. The molecule has 0 fully saturated rings. The lowest BCUT2D eigenvalue weighted by molar-refractivity contribution is 1.23. The highest BCUT2D eigenvalue weighted by atomic mass is 32.1. The van der Waals surface area contributed by atoms with Gasteiger partial charge in [-0.25, -0.2) is 0 Å². The monoisotopic (exact) mass is 643 g/mol. The Hall–Kier alpha value is -6.04. The molecule has 5 heteroatoms. The summed E-state index contributed by atoms with van der Waals surface area (Å²) >= 11 is 1.93. The first-order valence-corrected chi connectivity index (χ1v) is 17.6. The van der Waals surface area contributed by atoms with E-state index in [9.17, 15) is 0 Å². The SMILES string of the molecule is c1ccc(N(c2ccccc2)c2cc3c4c(c2)N(c2ccccc2)c2c(sc5ccccc25)B4c2ccccc2N3c2ccccc2)cc1. The van der Waals surface area contributed by atoms with Gasteiger partial charge in [0.2, 0.25) is 0 Å². The van der Waals surface area contributed by atoms with Crippen LogP contribution in [0.15, 0.2) is 182 Å². The van der Waals surface area contributed by atoms with Crippen LogP contribution in [0, 0.1) is 0 Å². The Kier molecular flexibility index (Phi) is 6.46. The largest absolute Gasteiger partial charge is 0.311 e. The molecule has 8 aromatic rings. The van der Waals surface area contributed by atoms with Gasteiger partial charge in [0.15, 0.2) is 0 Å². The molecule has 3 heterocycles. The van der Waals surface area contributed by atoms with Crippen LogP contribution in [0.1, 0.15) is 0 Å². The molecule has 3 nitrogen and oxygen atoms in total. The second kappa shape index (κ2) is 11.3. The van der Waals surface area contributed by atoms with E-state index in [1.165, 1.54) is 48.5 Å². The van der Waals surface area contributed by atoms with Gasteiger partial charge in [-0.05, 0) is 83.7 Å². The summed E-state index contributed by atoms with van der Waals surface area (Å²) in [5.74, 6) is 0. The van der Waals surface area contributed by atoms with Crippen molar-refractivity contribution in [3.05, 3.63) is 182 Å². The van der Waals surface area contributed by atoms with Crippen LogP contribution in [0.25, 0.3) is 10.1 Å². The van der Waals surface area contributed by atoms with Gasteiger partial charge in [-0.15, -0.1) is 11.3 Å². The van der Waals surface area contributed by atoms with Crippen LogP contribution in [0.4, 0.5) is 51.2 Å². The number of thiophene rings is 1. The van der Waals surface area contributed by atoms with E-state index >= 15 is 0 Å². The average molecular weight is 644 g/mol. The fourth-order valence-electron chi connectivity index (χ4n) is 7.80. The van der Waals surface area contributed by atoms with Gasteiger partial charge in [-0.2, -0.15) is 0 Å². The highest BCUT2D eigenvalue weighted by Crippen LogP contribution is 2.50. The molecule has 0 amide bonds. The third-order valence-electron chi connectivity index (χ3n) is 9.78. The van der Waals surface area contributed by atoms with Gasteiger partial charge in [0.25, 0.3) is 6.71 Å². The van der Waals surface area contributed by atoms with E-state index in [4.69, 9.17) is 0 Å². The molecule has 0 bridgehead atoms. The van der Waals surface area contributed by atoms with Gasteiger partial charge >= 0.3 is 0 Å². The number of para-hydroxylation sites is 5. The Morgan fingerprint density at radius 2 is 0.959 bits per heavy atom. The van der Waals surface area contributed by atoms with E-state index in [1.807, 2.05) is 11.3 Å². The summed E-state index contributed by atoms with van der Waals surface area (Å²) < 4.78 is 2.69. The predicted octanol–water partition coefficient (Wildman–Crippen LogP) is 10.5. The lowest BCUT2D eigenvalue weighted by Gasteiger charge is -2.44. The molecule has 230 valence electrons. The molecule has 0 saturated heterocycles. The maximum atomic E-state index is 2.53. The summed E-state index contributed by atoms with van der Waals surface area (Å²) in [6, 6.07) is 65.9. The van der Waals surface area contributed by atoms with Gasteiger partial charge in [-0.3, -0.25) is 0 Å². The van der Waals surface area contributed by atoms with Crippen molar-refractivity contribution in [3.8, 4) is 0 Å². The number of fused-ring (bicyclic) bond motifs is 6. The number of rotatable bonds is 5. The first-order chi connectivity index (χ1) is 24.3. The Morgan fingerprint density at radius 3 is 1.61 bits per heavy atom. The molecule has 7 aromatic carbocycles. The Labute approximate surface area is 290 Å². The third-order valence-corrected chi connectivity index (χ3v) is 11.0. The molecule has 0 saturated carbocycles. The van der Waals surface area contributed by atoms with Crippen molar-refractivity contribution in [3.63, 3.8) is 0 Å². The van der Waals surface area contributed by atoms with Crippen molar-refractivity contribution < 1.29 is 0 Å². The van der Waals surface area contributed by atoms with E-state index in [1.54, 1.807) is 0 Å². The first kappa shape index (κ1) is 28.0. The number of nitrogens with zero attached hydrogens (tertiary/aromatic N) is 3. The standard InChI is InChI=1S/C44H30BN3S/c1-5-17-31(18-6-1)46(32-19-7-2-8-20-32)35-29-39-42-40(30-35)48(34-23-11-4-12-24-34)43-36-25-13-16-28-41(36)49-44(43)45(42)37-26-14-15-27-38(37)47(39)33-21-9-3-10-22-33/h1-30H. The molecule has 10 rings (SSSR count). The van der Waals surface area contributed by atoms with E-state index in [2.05, 4.69) is 197 Å². The first-order valence-electron chi connectivity index (χ1n) is 16.7. The summed E-state index contributed by atoms with van der Waals surface area (Å²) in [6.45, 7) is 0.0875. The Morgan fingerprint density at radius 1 is 0.449 bits per heavy atom. The van der Waals surface area contributed by atoms with Crippen molar-refractivity contribution in [2.75, 3.05) is 14.7 Å². The minimum absolute atomic E-state index is 0.0875. The summed E-state index contributed by atoms with van der Waals surface area (Å²) in [4.78, 5) is 7.39. The van der Waals surface area contributed by atoms with Crippen molar-refractivity contribution in [2.45, 2.75) is 0 Å². The highest BCUT2D eigenvalue weighted by molar-refractivity contribution is 7.33. The third kappa shape index (κ3) is 4.36. The summed E-state index contributed by atoms with van der Waals surface area (Å²) in [5, 5.41) is 1.29. The van der Waals surface area contributed by atoms with Gasteiger partial charge in [0.05, 0.1) is 11.4 Å². The fraction of sp³-hybridized carbons (Fsp3) is 0. The normalized spacial score (nSPS) is 12.8. The zero-order valence-corrected chi connectivity index (χ0v) is 27.5. The highest BCUT2D eigenvalue weighted by Gasteiger charge is 2.45. The van der Waals surface area contributed by atoms with Crippen LogP contribution in [0.2, 0.25) is 0 Å². The Bertz CT molecular complexity index is 2420. The van der Waals surface area contributed by atoms with Gasteiger partial charge in [-0.1, -0.05) is 109 Å².